The number of hydrogen-bond donors (Lipinski definition) is 2. The summed E-state index contributed by atoms with van der Waals surface area (Å²) in [5.74, 6) is 0.125. The number of nitrogens with two attached hydrogens (primary N) is 1. The topological polar surface area (TPSA) is 103 Å². The van der Waals surface area contributed by atoms with E-state index in [0.717, 1.165) is 5.56 Å². The van der Waals surface area contributed by atoms with E-state index in [9.17, 15) is 8.42 Å². The van der Waals surface area contributed by atoms with Crippen LogP contribution in [0.25, 0.3) is 0 Å². The summed E-state index contributed by atoms with van der Waals surface area (Å²) < 4.78 is 28.2. The maximum atomic E-state index is 12.2. The van der Waals surface area contributed by atoms with Crippen LogP contribution in [0.15, 0.2) is 29.4 Å². The Kier molecular flexibility index (Phi) is 3.54. The molecular formula is C11H15N5O2S. The molecule has 0 aliphatic heterocycles. The van der Waals surface area contributed by atoms with Gasteiger partial charge in [-0.3, -0.25) is 9.67 Å². The molecule has 8 heteroatoms. The fourth-order valence-corrected chi connectivity index (χ4v) is 3.08. The SMILES string of the molecule is Cc1nn(C)c(N)c1S(=O)(=O)NCc1ccncc1. The fourth-order valence-electron chi connectivity index (χ4n) is 1.74. The zero-order valence-electron chi connectivity index (χ0n) is 10.7. The van der Waals surface area contributed by atoms with Crippen molar-refractivity contribution in [1.29, 1.82) is 0 Å². The van der Waals surface area contributed by atoms with Gasteiger partial charge in [0, 0.05) is 26.0 Å². The molecule has 0 fully saturated rings. The molecule has 0 aromatic carbocycles. The van der Waals surface area contributed by atoms with Crippen molar-refractivity contribution in [2.24, 2.45) is 7.05 Å². The van der Waals surface area contributed by atoms with E-state index in [1.165, 1.54) is 4.68 Å². The van der Waals surface area contributed by atoms with Crippen LogP contribution in [0.4, 0.5) is 5.82 Å². The highest BCUT2D eigenvalue weighted by molar-refractivity contribution is 7.89. The van der Waals surface area contributed by atoms with Gasteiger partial charge in [0.1, 0.15) is 10.7 Å². The number of hydrogen-bond acceptors (Lipinski definition) is 5. The van der Waals surface area contributed by atoms with Gasteiger partial charge in [-0.2, -0.15) is 5.10 Å². The maximum absolute atomic E-state index is 12.2. The Balaban J connectivity index is 2.24. The maximum Gasteiger partial charge on any atom is 0.246 e. The van der Waals surface area contributed by atoms with Crippen LogP contribution in [-0.4, -0.2) is 23.2 Å². The molecule has 2 aromatic heterocycles. The molecule has 2 heterocycles. The van der Waals surface area contributed by atoms with Gasteiger partial charge in [-0.15, -0.1) is 0 Å². The van der Waals surface area contributed by atoms with E-state index >= 15 is 0 Å². The quantitative estimate of drug-likeness (QED) is 0.832. The number of nitrogen functional groups attached to an aromatic ring is 1. The van der Waals surface area contributed by atoms with Crippen molar-refractivity contribution < 1.29 is 8.42 Å². The highest BCUT2D eigenvalue weighted by atomic mass is 32.2. The van der Waals surface area contributed by atoms with E-state index in [1.807, 2.05) is 0 Å². The van der Waals surface area contributed by atoms with Crippen molar-refractivity contribution >= 4 is 15.8 Å². The first-order valence-electron chi connectivity index (χ1n) is 5.59. The first-order chi connectivity index (χ1) is 8.92. The van der Waals surface area contributed by atoms with Gasteiger partial charge in [0.2, 0.25) is 10.0 Å². The van der Waals surface area contributed by atoms with Crippen molar-refractivity contribution in [2.75, 3.05) is 5.73 Å². The van der Waals surface area contributed by atoms with E-state index in [-0.39, 0.29) is 17.3 Å². The lowest BCUT2D eigenvalue weighted by Crippen LogP contribution is -2.24. The summed E-state index contributed by atoms with van der Waals surface area (Å²) in [6, 6.07) is 3.48. The van der Waals surface area contributed by atoms with E-state index < -0.39 is 10.0 Å². The van der Waals surface area contributed by atoms with Crippen LogP contribution < -0.4 is 10.5 Å². The Bertz CT molecular complexity index is 679. The van der Waals surface area contributed by atoms with Gasteiger partial charge in [-0.1, -0.05) is 0 Å². The third-order valence-corrected chi connectivity index (χ3v) is 4.26. The largest absolute Gasteiger partial charge is 0.383 e. The summed E-state index contributed by atoms with van der Waals surface area (Å²) in [5.41, 5.74) is 6.93. The number of aryl methyl sites for hydroxylation is 2. The van der Waals surface area contributed by atoms with Crippen LogP contribution in [-0.2, 0) is 23.6 Å². The van der Waals surface area contributed by atoms with E-state index in [2.05, 4.69) is 14.8 Å². The number of anilines is 1. The van der Waals surface area contributed by atoms with Gasteiger partial charge < -0.3 is 5.73 Å². The number of rotatable bonds is 4. The van der Waals surface area contributed by atoms with Crippen LogP contribution in [0.1, 0.15) is 11.3 Å². The second-order valence-electron chi connectivity index (χ2n) is 4.10. The summed E-state index contributed by atoms with van der Waals surface area (Å²) in [7, 11) is -2.08. The number of aromatic nitrogens is 3. The molecule has 0 unspecified atom stereocenters. The number of nitrogens with one attached hydrogen (secondary N) is 1. The van der Waals surface area contributed by atoms with Crippen LogP contribution >= 0.6 is 0 Å². The van der Waals surface area contributed by atoms with E-state index in [1.54, 1.807) is 38.5 Å². The van der Waals surface area contributed by atoms with Gasteiger partial charge in [0.05, 0.1) is 5.69 Å². The average Bonchev–Trinajstić information content (AvgIpc) is 2.63. The second kappa shape index (κ2) is 4.98. The van der Waals surface area contributed by atoms with Crippen LogP contribution in [0.5, 0.6) is 0 Å². The molecule has 0 saturated heterocycles. The van der Waals surface area contributed by atoms with Crippen molar-refractivity contribution in [3.63, 3.8) is 0 Å². The molecule has 0 bridgehead atoms. The van der Waals surface area contributed by atoms with Crippen LogP contribution in [0, 0.1) is 6.92 Å². The fraction of sp³-hybridized carbons (Fsp3) is 0.273. The Labute approximate surface area is 111 Å². The molecular weight excluding hydrogens is 266 g/mol. The smallest absolute Gasteiger partial charge is 0.246 e. The molecule has 3 N–H and O–H groups in total. The summed E-state index contributed by atoms with van der Waals surface area (Å²) >= 11 is 0. The third-order valence-electron chi connectivity index (χ3n) is 2.69. The summed E-state index contributed by atoms with van der Waals surface area (Å²) in [5, 5.41) is 3.99. The molecule has 0 saturated carbocycles. The first kappa shape index (κ1) is 13.5. The van der Waals surface area contributed by atoms with Gasteiger partial charge in [0.15, 0.2) is 0 Å². The Morgan fingerprint density at radius 3 is 2.53 bits per heavy atom. The molecule has 0 aliphatic carbocycles. The normalized spacial score (nSPS) is 11.7. The minimum atomic E-state index is -3.68. The van der Waals surface area contributed by atoms with E-state index in [4.69, 9.17) is 5.73 Å². The van der Waals surface area contributed by atoms with Gasteiger partial charge in [-0.25, -0.2) is 13.1 Å². The monoisotopic (exact) mass is 281 g/mol. The molecule has 0 amide bonds. The molecule has 2 aromatic rings. The molecule has 0 spiro atoms. The molecule has 7 nitrogen and oxygen atoms in total. The summed E-state index contributed by atoms with van der Waals surface area (Å²) in [4.78, 5) is 3.90. The van der Waals surface area contributed by atoms with Crippen molar-refractivity contribution in [1.82, 2.24) is 19.5 Å². The second-order valence-corrected chi connectivity index (χ2v) is 5.81. The first-order valence-corrected chi connectivity index (χ1v) is 7.08. The van der Waals surface area contributed by atoms with Gasteiger partial charge >= 0.3 is 0 Å². The highest BCUT2D eigenvalue weighted by Crippen LogP contribution is 2.21. The molecule has 2 rings (SSSR count). The van der Waals surface area contributed by atoms with Gasteiger partial charge in [-0.05, 0) is 24.6 Å². The number of nitrogens with zero attached hydrogens (tertiary/aromatic N) is 3. The zero-order chi connectivity index (χ0) is 14.0. The van der Waals surface area contributed by atoms with Crippen LogP contribution in [0.3, 0.4) is 0 Å². The summed E-state index contributed by atoms with van der Waals surface area (Å²) in [6.45, 7) is 1.79. The Morgan fingerprint density at radius 2 is 2.00 bits per heavy atom. The predicted molar refractivity (Wildman–Crippen MR) is 70.6 cm³/mol. The lowest BCUT2D eigenvalue weighted by atomic mass is 10.3. The molecule has 0 aliphatic rings. The molecule has 0 radical (unpaired) electrons. The molecule has 102 valence electrons. The van der Waals surface area contributed by atoms with Crippen molar-refractivity contribution in [3.8, 4) is 0 Å². The van der Waals surface area contributed by atoms with Crippen molar-refractivity contribution in [3.05, 3.63) is 35.8 Å². The van der Waals surface area contributed by atoms with E-state index in [0.29, 0.717) is 5.69 Å². The lowest BCUT2D eigenvalue weighted by Gasteiger charge is -2.06. The summed E-state index contributed by atoms with van der Waals surface area (Å²) in [6.07, 6.45) is 3.21. The lowest BCUT2D eigenvalue weighted by molar-refractivity contribution is 0.581. The Hall–Kier alpha value is -1.93. The third kappa shape index (κ3) is 2.74. The Morgan fingerprint density at radius 1 is 1.37 bits per heavy atom. The average molecular weight is 281 g/mol. The predicted octanol–water partition coefficient (Wildman–Crippen LogP) is 0.184. The highest BCUT2D eigenvalue weighted by Gasteiger charge is 2.24. The molecule has 19 heavy (non-hydrogen) atoms. The standard InChI is InChI=1S/C11H15N5O2S/c1-8-10(11(12)16(2)15-8)19(17,18)14-7-9-3-5-13-6-4-9/h3-6,14H,7,12H2,1-2H3. The minimum Gasteiger partial charge on any atom is -0.383 e. The number of pyridine rings is 1. The minimum absolute atomic E-state index is 0.0315. The van der Waals surface area contributed by atoms with Crippen LogP contribution in [0.2, 0.25) is 0 Å². The zero-order valence-corrected chi connectivity index (χ0v) is 11.5. The van der Waals surface area contributed by atoms with Gasteiger partial charge in [0.25, 0.3) is 0 Å². The number of sulfonamides is 1. The molecule has 0 atom stereocenters. The van der Waals surface area contributed by atoms with Crippen molar-refractivity contribution in [2.45, 2.75) is 18.4 Å².